The van der Waals surface area contributed by atoms with Gasteiger partial charge in [0.25, 0.3) is 0 Å². The third-order valence-electron chi connectivity index (χ3n) is 1.73. The van der Waals surface area contributed by atoms with E-state index in [1.807, 2.05) is 0 Å². The van der Waals surface area contributed by atoms with Gasteiger partial charge in [0.1, 0.15) is 0 Å². The van der Waals surface area contributed by atoms with E-state index in [9.17, 15) is 13.2 Å². The van der Waals surface area contributed by atoms with Crippen LogP contribution < -0.4 is 0 Å². The normalized spacial score (nSPS) is 10.8. The Bertz CT molecular complexity index is 429. The first-order valence-electron chi connectivity index (χ1n) is 4.36. The first kappa shape index (κ1) is 13.4. The van der Waals surface area contributed by atoms with E-state index in [0.29, 0.717) is 11.8 Å². The lowest BCUT2D eigenvalue weighted by molar-refractivity contribution is -0.137. The summed E-state index contributed by atoms with van der Waals surface area (Å²) < 4.78 is 37.7. The molecule has 0 nitrogen and oxygen atoms in total. The van der Waals surface area contributed by atoms with Gasteiger partial charge in [-0.2, -0.15) is 13.2 Å². The topological polar surface area (TPSA) is 0 Å². The summed E-state index contributed by atoms with van der Waals surface area (Å²) in [6.07, 6.45) is -3.91. The Morgan fingerprint density at radius 1 is 1.31 bits per heavy atom. The second kappa shape index (κ2) is 5.60. The number of alkyl halides is 4. The Hall–Kier alpha value is -0.660. The smallest absolute Gasteiger partial charge is 0.166 e. The number of hydrogen-bond donors (Lipinski definition) is 0. The van der Waals surface area contributed by atoms with Gasteiger partial charge in [-0.15, -0.1) is 0 Å². The average Bonchev–Trinajstić information content (AvgIpc) is 2.16. The fourth-order valence-electron chi connectivity index (χ4n) is 1.07. The van der Waals surface area contributed by atoms with Gasteiger partial charge in [0.2, 0.25) is 0 Å². The van der Waals surface area contributed by atoms with E-state index in [4.69, 9.17) is 11.6 Å². The van der Waals surface area contributed by atoms with Crippen molar-refractivity contribution in [2.24, 2.45) is 0 Å². The molecule has 0 aliphatic carbocycles. The van der Waals surface area contributed by atoms with Crippen LogP contribution in [0, 0.1) is 11.8 Å². The molecule has 5 heteroatoms. The zero-order valence-corrected chi connectivity index (χ0v) is 10.4. The molecule has 0 aromatic heterocycles. The second-order valence-corrected chi connectivity index (χ2v) is 4.16. The van der Waals surface area contributed by atoms with Gasteiger partial charge in [-0.25, -0.2) is 0 Å². The third-order valence-corrected chi connectivity index (χ3v) is 2.36. The maximum Gasteiger partial charge on any atom is 0.417 e. The molecule has 0 saturated carbocycles. The standard InChI is InChI=1S/C11H7BrClF3/c12-6-2-1-3-8-7-9(13)4-5-10(8)11(14,15)16/h4-5,7H,2,6H2. The highest BCUT2D eigenvalue weighted by molar-refractivity contribution is 9.09. The van der Waals surface area contributed by atoms with Crippen LogP contribution in [0.1, 0.15) is 17.5 Å². The van der Waals surface area contributed by atoms with E-state index in [0.717, 1.165) is 6.07 Å². The Balaban J connectivity index is 3.15. The minimum atomic E-state index is -4.40. The predicted octanol–water partition coefficient (Wildman–Crippen LogP) is 4.50. The monoisotopic (exact) mass is 310 g/mol. The molecule has 0 N–H and O–H groups in total. The molecule has 1 rings (SSSR count). The molecule has 0 bridgehead atoms. The molecule has 0 amide bonds. The molecular formula is C11H7BrClF3. The van der Waals surface area contributed by atoms with E-state index >= 15 is 0 Å². The molecule has 0 aliphatic heterocycles. The van der Waals surface area contributed by atoms with Crippen molar-refractivity contribution in [3.8, 4) is 11.8 Å². The highest BCUT2D eigenvalue weighted by atomic mass is 79.9. The molecule has 0 aliphatic rings. The Kier molecular flexibility index (Phi) is 4.69. The summed E-state index contributed by atoms with van der Waals surface area (Å²) in [4.78, 5) is 0. The SMILES string of the molecule is FC(F)(F)c1ccc(Cl)cc1C#CCCBr. The quantitative estimate of drug-likeness (QED) is 0.529. The minimum absolute atomic E-state index is 0.0825. The van der Waals surface area contributed by atoms with E-state index < -0.39 is 11.7 Å². The van der Waals surface area contributed by atoms with Crippen LogP contribution in [-0.2, 0) is 6.18 Å². The molecule has 0 spiro atoms. The lowest BCUT2D eigenvalue weighted by Gasteiger charge is -2.08. The molecule has 0 atom stereocenters. The van der Waals surface area contributed by atoms with E-state index in [2.05, 4.69) is 27.8 Å². The fraction of sp³-hybridized carbons (Fsp3) is 0.273. The van der Waals surface area contributed by atoms with Crippen molar-refractivity contribution < 1.29 is 13.2 Å². The maximum absolute atomic E-state index is 12.6. The van der Waals surface area contributed by atoms with Crippen molar-refractivity contribution in [2.75, 3.05) is 5.33 Å². The van der Waals surface area contributed by atoms with E-state index in [-0.39, 0.29) is 10.6 Å². The van der Waals surface area contributed by atoms with Crippen molar-refractivity contribution in [3.63, 3.8) is 0 Å². The lowest BCUT2D eigenvalue weighted by atomic mass is 10.1. The van der Waals surface area contributed by atoms with Crippen molar-refractivity contribution >= 4 is 27.5 Å². The summed E-state index contributed by atoms with van der Waals surface area (Å²) in [5.41, 5.74) is -0.833. The molecule has 16 heavy (non-hydrogen) atoms. The summed E-state index contributed by atoms with van der Waals surface area (Å²) >= 11 is 8.78. The zero-order chi connectivity index (χ0) is 12.2. The molecule has 1 aromatic carbocycles. The van der Waals surface area contributed by atoms with Gasteiger partial charge in [-0.05, 0) is 18.2 Å². The molecule has 86 valence electrons. The van der Waals surface area contributed by atoms with Crippen LogP contribution in [0.15, 0.2) is 18.2 Å². The number of hydrogen-bond acceptors (Lipinski definition) is 0. The first-order chi connectivity index (χ1) is 7.45. The van der Waals surface area contributed by atoms with Gasteiger partial charge in [0, 0.05) is 22.3 Å². The van der Waals surface area contributed by atoms with Crippen LogP contribution in [0.3, 0.4) is 0 Å². The number of halogens is 5. The van der Waals surface area contributed by atoms with Gasteiger partial charge < -0.3 is 0 Å². The maximum atomic E-state index is 12.6. The summed E-state index contributed by atoms with van der Waals surface area (Å²) in [7, 11) is 0. The lowest BCUT2D eigenvalue weighted by Crippen LogP contribution is -2.07. The van der Waals surface area contributed by atoms with E-state index in [1.165, 1.54) is 12.1 Å². The second-order valence-electron chi connectivity index (χ2n) is 2.93. The summed E-state index contributed by atoms with van der Waals surface area (Å²) in [6.45, 7) is 0. The zero-order valence-electron chi connectivity index (χ0n) is 8.04. The Morgan fingerprint density at radius 3 is 2.56 bits per heavy atom. The van der Waals surface area contributed by atoms with Crippen molar-refractivity contribution in [2.45, 2.75) is 12.6 Å². The van der Waals surface area contributed by atoms with Crippen molar-refractivity contribution in [3.05, 3.63) is 34.3 Å². The Morgan fingerprint density at radius 2 is 2.00 bits per heavy atom. The fourth-order valence-corrected chi connectivity index (χ4v) is 1.44. The molecule has 0 unspecified atom stereocenters. The predicted molar refractivity (Wildman–Crippen MR) is 61.7 cm³/mol. The van der Waals surface area contributed by atoms with Crippen LogP contribution in [-0.4, -0.2) is 5.33 Å². The summed E-state index contributed by atoms with van der Waals surface area (Å²) in [6, 6.07) is 3.38. The first-order valence-corrected chi connectivity index (χ1v) is 5.86. The summed E-state index contributed by atoms with van der Waals surface area (Å²) in [5.74, 6) is 5.11. The largest absolute Gasteiger partial charge is 0.417 e. The Labute approximate surface area is 105 Å². The molecule has 0 heterocycles. The third kappa shape index (κ3) is 3.73. The van der Waals surface area contributed by atoms with Gasteiger partial charge in [-0.3, -0.25) is 0 Å². The van der Waals surface area contributed by atoms with E-state index in [1.54, 1.807) is 0 Å². The van der Waals surface area contributed by atoms with Gasteiger partial charge in [0.05, 0.1) is 5.56 Å². The van der Waals surface area contributed by atoms with Gasteiger partial charge in [0.15, 0.2) is 0 Å². The molecule has 1 aromatic rings. The average molecular weight is 312 g/mol. The number of benzene rings is 1. The van der Waals surface area contributed by atoms with Crippen LogP contribution in [0.4, 0.5) is 13.2 Å². The highest BCUT2D eigenvalue weighted by Gasteiger charge is 2.32. The molecule has 0 saturated heterocycles. The molecular weight excluding hydrogens is 304 g/mol. The van der Waals surface area contributed by atoms with Crippen LogP contribution in [0.2, 0.25) is 5.02 Å². The van der Waals surface area contributed by atoms with Crippen molar-refractivity contribution in [1.82, 2.24) is 0 Å². The van der Waals surface area contributed by atoms with Crippen LogP contribution >= 0.6 is 27.5 Å². The summed E-state index contributed by atoms with van der Waals surface area (Å²) in [5, 5.41) is 0.873. The minimum Gasteiger partial charge on any atom is -0.166 e. The molecule has 0 radical (unpaired) electrons. The molecule has 0 fully saturated rings. The number of rotatable bonds is 1. The highest BCUT2D eigenvalue weighted by Crippen LogP contribution is 2.32. The van der Waals surface area contributed by atoms with Gasteiger partial charge in [-0.1, -0.05) is 39.4 Å². The van der Waals surface area contributed by atoms with Gasteiger partial charge >= 0.3 is 6.18 Å². The van der Waals surface area contributed by atoms with Crippen LogP contribution in [0.25, 0.3) is 0 Å². The van der Waals surface area contributed by atoms with Crippen molar-refractivity contribution in [1.29, 1.82) is 0 Å². The van der Waals surface area contributed by atoms with Crippen LogP contribution in [0.5, 0.6) is 0 Å².